The number of ketones is 1. The van der Waals surface area contributed by atoms with Crippen molar-refractivity contribution in [2.24, 2.45) is 17.3 Å². The van der Waals surface area contributed by atoms with E-state index in [2.05, 4.69) is 54.0 Å². The summed E-state index contributed by atoms with van der Waals surface area (Å²) in [5, 5.41) is 12.1. The number of rotatable bonds is 2. The maximum absolute atomic E-state index is 13.4. The van der Waals surface area contributed by atoms with Crippen molar-refractivity contribution in [1.29, 1.82) is 0 Å². The molecule has 202 valence electrons. The van der Waals surface area contributed by atoms with Gasteiger partial charge in [0.1, 0.15) is 23.3 Å². The summed E-state index contributed by atoms with van der Waals surface area (Å²) in [4.78, 5) is 14.4. The quantitative estimate of drug-likeness (QED) is 0.478. The third kappa shape index (κ3) is 4.44. The first-order valence-corrected chi connectivity index (χ1v) is 14.0. The predicted molar refractivity (Wildman–Crippen MR) is 151 cm³/mol. The molecule has 3 fully saturated rings. The van der Waals surface area contributed by atoms with E-state index in [9.17, 15) is 14.3 Å². The summed E-state index contributed by atoms with van der Waals surface area (Å²) in [6, 6.07) is 14.7. The highest BCUT2D eigenvalue weighted by Crippen LogP contribution is 2.61. The maximum Gasteiger partial charge on any atom is 0.137 e. The first kappa shape index (κ1) is 26.0. The fourth-order valence-corrected chi connectivity index (χ4v) is 7.34. The molecule has 1 aliphatic heterocycles. The lowest BCUT2D eigenvalue weighted by Gasteiger charge is -2.42. The van der Waals surface area contributed by atoms with E-state index in [4.69, 9.17) is 4.74 Å². The summed E-state index contributed by atoms with van der Waals surface area (Å²) in [6.45, 7) is 2.52. The summed E-state index contributed by atoms with van der Waals surface area (Å²) in [7, 11) is 4.07. The van der Waals surface area contributed by atoms with Crippen molar-refractivity contribution in [3.63, 3.8) is 0 Å². The van der Waals surface area contributed by atoms with Crippen molar-refractivity contribution >= 4 is 11.5 Å². The molecule has 0 spiro atoms. The van der Waals surface area contributed by atoms with Crippen molar-refractivity contribution in [2.75, 3.05) is 25.6 Å². The van der Waals surface area contributed by atoms with E-state index in [1.54, 1.807) is 12.1 Å². The topological polar surface area (TPSA) is 49.8 Å². The van der Waals surface area contributed by atoms with E-state index >= 15 is 0 Å². The van der Waals surface area contributed by atoms with Crippen molar-refractivity contribution < 1.29 is 19.0 Å². The molecule has 1 N–H and O–H groups in total. The second kappa shape index (κ2) is 9.77. The lowest BCUT2D eigenvalue weighted by Crippen LogP contribution is -2.48. The normalized spacial score (nSPS) is 31.8. The summed E-state index contributed by atoms with van der Waals surface area (Å²) in [5.41, 5.74) is 4.89. The smallest absolute Gasteiger partial charge is 0.137 e. The molecule has 2 aromatic rings. The number of halogens is 1. The van der Waals surface area contributed by atoms with Crippen LogP contribution in [0.3, 0.4) is 0 Å². The first-order valence-electron chi connectivity index (χ1n) is 14.0. The number of benzene rings is 2. The molecule has 0 radical (unpaired) electrons. The van der Waals surface area contributed by atoms with Crippen LogP contribution in [-0.4, -0.2) is 37.2 Å². The van der Waals surface area contributed by atoms with Gasteiger partial charge in [-0.2, -0.15) is 0 Å². The van der Waals surface area contributed by atoms with Gasteiger partial charge in [0.2, 0.25) is 0 Å². The van der Waals surface area contributed by atoms with Crippen LogP contribution >= 0.6 is 0 Å². The third-order valence-corrected chi connectivity index (χ3v) is 9.66. The summed E-state index contributed by atoms with van der Waals surface area (Å²) >= 11 is 0. The second-order valence-corrected chi connectivity index (χ2v) is 12.1. The van der Waals surface area contributed by atoms with Crippen molar-refractivity contribution in [3.05, 3.63) is 88.3 Å². The van der Waals surface area contributed by atoms with E-state index in [1.807, 2.05) is 14.1 Å². The van der Waals surface area contributed by atoms with Crippen molar-refractivity contribution in [1.82, 2.24) is 0 Å². The summed E-state index contributed by atoms with van der Waals surface area (Å²) < 4.78 is 20.3. The zero-order chi connectivity index (χ0) is 27.4. The van der Waals surface area contributed by atoms with Crippen LogP contribution in [0.4, 0.5) is 10.1 Å². The Morgan fingerprint density at radius 3 is 2.54 bits per heavy atom. The van der Waals surface area contributed by atoms with Gasteiger partial charge in [0.15, 0.2) is 0 Å². The highest BCUT2D eigenvalue weighted by molar-refractivity contribution is 5.84. The molecule has 2 saturated carbocycles. The molecule has 3 aliphatic carbocycles. The van der Waals surface area contributed by atoms with Gasteiger partial charge >= 0.3 is 0 Å². The van der Waals surface area contributed by atoms with Gasteiger partial charge in [-0.15, -0.1) is 0 Å². The molecule has 0 bridgehead atoms. The van der Waals surface area contributed by atoms with Crippen LogP contribution in [0.25, 0.3) is 0 Å². The lowest BCUT2D eigenvalue weighted by molar-refractivity contribution is -0.118. The average molecular weight is 526 g/mol. The standard InChI is InChI=1S/C34H36FNO3/c1-33-21-39-32(23-6-11-26(12-7-23)36(2)3)31-28-15-13-27(37)20-24(28)8-14-29(31)30(33)17-19-34(33,38)18-16-22-4-9-25(35)10-5-22/h4-12,29-30,32,38H,13-15,17,19-21H2,1-3H3/t29?,30?,32-,33+,34+/m1/s1. The molecule has 2 unspecified atom stereocenters. The predicted octanol–water partition coefficient (Wildman–Crippen LogP) is 6.16. The Labute approximate surface area is 230 Å². The van der Waals surface area contributed by atoms with Crippen LogP contribution in [0.1, 0.15) is 62.7 Å². The minimum absolute atomic E-state index is 0.189. The van der Waals surface area contributed by atoms with Crippen LogP contribution in [0.5, 0.6) is 0 Å². The molecule has 4 nitrogen and oxygen atoms in total. The Kier molecular flexibility index (Phi) is 6.52. The Morgan fingerprint density at radius 1 is 1.08 bits per heavy atom. The highest BCUT2D eigenvalue weighted by atomic mass is 19.1. The molecule has 2 aromatic carbocycles. The molecule has 1 saturated heterocycles. The average Bonchev–Trinajstić information content (AvgIpc) is 3.10. The molecule has 5 heteroatoms. The minimum atomic E-state index is -1.22. The number of hydrogen-bond acceptors (Lipinski definition) is 4. The number of hydrogen-bond donors (Lipinski definition) is 1. The number of Topliss-reactive ketones (excluding diaryl/α,β-unsaturated/α-hetero) is 1. The minimum Gasteiger partial charge on any atom is -0.378 e. The number of carbonyl (C=O) groups excluding carboxylic acids is 1. The Bertz CT molecular complexity index is 1410. The van der Waals surface area contributed by atoms with Crippen molar-refractivity contribution in [3.8, 4) is 11.8 Å². The van der Waals surface area contributed by atoms with Gasteiger partial charge in [-0.1, -0.05) is 37.0 Å². The van der Waals surface area contributed by atoms with Gasteiger partial charge < -0.3 is 14.7 Å². The highest BCUT2D eigenvalue weighted by Gasteiger charge is 2.61. The Hall–Kier alpha value is -3.20. The number of allylic oxidation sites excluding steroid dienone is 3. The molecular formula is C34H36FNO3. The van der Waals surface area contributed by atoms with Gasteiger partial charge in [0, 0.05) is 43.6 Å². The Morgan fingerprint density at radius 2 is 1.82 bits per heavy atom. The largest absolute Gasteiger partial charge is 0.378 e. The number of anilines is 1. The van der Waals surface area contributed by atoms with Crippen LogP contribution in [0.15, 0.2) is 71.3 Å². The number of fused-ring (bicyclic) bond motifs is 4. The summed E-state index contributed by atoms with van der Waals surface area (Å²) in [6.07, 6.45) is 6.15. The molecule has 4 aliphatic rings. The van der Waals surface area contributed by atoms with Crippen LogP contribution < -0.4 is 4.90 Å². The van der Waals surface area contributed by atoms with E-state index < -0.39 is 11.0 Å². The molecule has 5 atom stereocenters. The zero-order valence-electron chi connectivity index (χ0n) is 23.0. The molecule has 0 amide bonds. The van der Waals surface area contributed by atoms with E-state index in [0.717, 1.165) is 30.5 Å². The lowest BCUT2D eigenvalue weighted by atomic mass is 9.62. The van der Waals surface area contributed by atoms with Gasteiger partial charge in [0.25, 0.3) is 0 Å². The van der Waals surface area contributed by atoms with E-state index in [-0.39, 0.29) is 23.8 Å². The molecule has 39 heavy (non-hydrogen) atoms. The molecular weight excluding hydrogens is 489 g/mol. The first-order chi connectivity index (χ1) is 18.7. The van der Waals surface area contributed by atoms with Crippen LogP contribution in [0.2, 0.25) is 0 Å². The van der Waals surface area contributed by atoms with Crippen LogP contribution in [0, 0.1) is 34.9 Å². The van der Waals surface area contributed by atoms with E-state index in [0.29, 0.717) is 37.2 Å². The number of ether oxygens (including phenoxy) is 1. The monoisotopic (exact) mass is 525 g/mol. The molecule has 6 rings (SSSR count). The molecule has 0 aromatic heterocycles. The zero-order valence-corrected chi connectivity index (χ0v) is 23.0. The number of nitrogens with zero attached hydrogens (tertiary/aromatic N) is 1. The maximum atomic E-state index is 13.4. The van der Waals surface area contributed by atoms with Gasteiger partial charge in [0.05, 0.1) is 6.61 Å². The van der Waals surface area contributed by atoms with Gasteiger partial charge in [-0.3, -0.25) is 4.79 Å². The second-order valence-electron chi connectivity index (χ2n) is 12.1. The fraction of sp³-hybridized carbons (Fsp3) is 0.441. The van der Waals surface area contributed by atoms with Gasteiger partial charge in [-0.25, -0.2) is 4.39 Å². The van der Waals surface area contributed by atoms with Crippen molar-refractivity contribution in [2.45, 2.75) is 57.2 Å². The summed E-state index contributed by atoms with van der Waals surface area (Å²) in [5.74, 6) is 6.75. The van der Waals surface area contributed by atoms with Gasteiger partial charge in [-0.05, 0) is 96.2 Å². The fourth-order valence-electron chi connectivity index (χ4n) is 7.34. The van der Waals surface area contributed by atoms with Crippen LogP contribution in [-0.2, 0) is 9.53 Å². The number of aliphatic hydroxyl groups is 1. The SMILES string of the molecule is CN(C)c1ccc([C@H]2OC[C@@]3(C)C(CC[C@@]3(O)C#Cc3ccc(F)cc3)C3CC=C4CC(=O)CCC4=C32)cc1. The third-order valence-electron chi connectivity index (χ3n) is 9.66. The number of carbonyl (C=O) groups is 1. The molecule has 1 heterocycles. The Balaban J connectivity index is 1.42. The van der Waals surface area contributed by atoms with E-state index in [1.165, 1.54) is 28.9 Å².